The molecule has 0 aliphatic rings. The van der Waals surface area contributed by atoms with E-state index in [4.69, 9.17) is 28.3 Å². The zero-order valence-corrected chi connectivity index (χ0v) is 14.5. The SMILES string of the molecule is CC(NC(=O)c1csc(S(N)(=O)=O)c1)c1ccc(Cl)c(Cl)c1. The second kappa shape index (κ2) is 6.55. The molecule has 22 heavy (non-hydrogen) atoms. The minimum Gasteiger partial charge on any atom is -0.345 e. The number of hydrogen-bond donors (Lipinski definition) is 2. The van der Waals surface area contributed by atoms with E-state index >= 15 is 0 Å². The van der Waals surface area contributed by atoms with E-state index in [0.717, 1.165) is 16.9 Å². The number of thiophene rings is 1. The molecule has 1 amide bonds. The lowest BCUT2D eigenvalue weighted by atomic mass is 10.1. The molecule has 9 heteroatoms. The number of nitrogens with two attached hydrogens (primary N) is 1. The van der Waals surface area contributed by atoms with Gasteiger partial charge in [-0.25, -0.2) is 13.6 Å². The predicted octanol–water partition coefficient (Wildman–Crippen LogP) is 3.19. The van der Waals surface area contributed by atoms with Crippen molar-refractivity contribution in [3.05, 3.63) is 50.8 Å². The molecule has 1 heterocycles. The van der Waals surface area contributed by atoms with Gasteiger partial charge in [0, 0.05) is 5.38 Å². The molecule has 118 valence electrons. The molecule has 0 bridgehead atoms. The third-order valence-electron chi connectivity index (χ3n) is 2.91. The fourth-order valence-corrected chi connectivity index (χ4v) is 3.62. The molecule has 1 unspecified atom stereocenters. The van der Waals surface area contributed by atoms with Crippen molar-refractivity contribution in [1.29, 1.82) is 0 Å². The number of halogens is 2. The summed E-state index contributed by atoms with van der Waals surface area (Å²) in [6, 6.07) is 5.99. The Balaban J connectivity index is 2.14. The van der Waals surface area contributed by atoms with E-state index in [2.05, 4.69) is 5.32 Å². The lowest BCUT2D eigenvalue weighted by Gasteiger charge is -2.14. The Bertz CT molecular complexity index is 818. The van der Waals surface area contributed by atoms with Crippen LogP contribution in [0.15, 0.2) is 33.9 Å². The largest absolute Gasteiger partial charge is 0.345 e. The van der Waals surface area contributed by atoms with Crippen molar-refractivity contribution in [2.24, 2.45) is 5.14 Å². The minimum atomic E-state index is -3.80. The fourth-order valence-electron chi connectivity index (χ4n) is 1.73. The van der Waals surface area contributed by atoms with Crippen molar-refractivity contribution in [1.82, 2.24) is 5.32 Å². The van der Waals surface area contributed by atoms with Gasteiger partial charge in [-0.3, -0.25) is 4.79 Å². The minimum absolute atomic E-state index is 0.0557. The van der Waals surface area contributed by atoms with E-state index in [9.17, 15) is 13.2 Å². The van der Waals surface area contributed by atoms with Crippen molar-refractivity contribution < 1.29 is 13.2 Å². The van der Waals surface area contributed by atoms with Crippen molar-refractivity contribution in [2.45, 2.75) is 17.2 Å². The first kappa shape index (κ1) is 17.2. The van der Waals surface area contributed by atoms with Crippen LogP contribution in [0.5, 0.6) is 0 Å². The van der Waals surface area contributed by atoms with Gasteiger partial charge in [0.05, 0.1) is 21.7 Å². The molecule has 0 saturated carbocycles. The van der Waals surface area contributed by atoms with E-state index in [-0.39, 0.29) is 15.8 Å². The van der Waals surface area contributed by atoms with Crippen LogP contribution in [0.4, 0.5) is 0 Å². The summed E-state index contributed by atoms with van der Waals surface area (Å²) >= 11 is 12.7. The number of nitrogens with one attached hydrogen (secondary N) is 1. The third kappa shape index (κ3) is 3.99. The lowest BCUT2D eigenvalue weighted by Crippen LogP contribution is -2.26. The second-order valence-corrected chi connectivity index (χ2v) is 8.08. The Morgan fingerprint density at radius 1 is 1.27 bits per heavy atom. The highest BCUT2D eigenvalue weighted by atomic mass is 35.5. The zero-order valence-electron chi connectivity index (χ0n) is 11.3. The number of primary sulfonamides is 1. The summed E-state index contributed by atoms with van der Waals surface area (Å²) in [4.78, 5) is 12.1. The maximum absolute atomic E-state index is 12.1. The van der Waals surface area contributed by atoms with Gasteiger partial charge >= 0.3 is 0 Å². The van der Waals surface area contributed by atoms with Gasteiger partial charge in [-0.15, -0.1) is 11.3 Å². The normalized spacial score (nSPS) is 12.9. The van der Waals surface area contributed by atoms with Crippen LogP contribution in [0.3, 0.4) is 0 Å². The standard InChI is InChI=1S/C13H12Cl2N2O3S2/c1-7(8-2-3-10(14)11(15)4-8)17-13(18)9-5-12(21-6-9)22(16,19)20/h2-7H,1H3,(H,17,18)(H2,16,19,20). The van der Waals surface area contributed by atoms with Gasteiger partial charge in [-0.1, -0.05) is 29.3 Å². The molecule has 0 fully saturated rings. The maximum Gasteiger partial charge on any atom is 0.252 e. The first-order chi connectivity index (χ1) is 10.2. The number of amides is 1. The highest BCUT2D eigenvalue weighted by molar-refractivity contribution is 7.91. The van der Waals surface area contributed by atoms with Gasteiger partial charge < -0.3 is 5.32 Å². The van der Waals surface area contributed by atoms with E-state index in [0.29, 0.717) is 10.0 Å². The van der Waals surface area contributed by atoms with Crippen LogP contribution in [0.1, 0.15) is 28.9 Å². The summed E-state index contributed by atoms with van der Waals surface area (Å²) in [7, 11) is -3.80. The highest BCUT2D eigenvalue weighted by Gasteiger charge is 2.17. The number of carbonyl (C=O) groups is 1. The summed E-state index contributed by atoms with van der Waals surface area (Å²) in [5.74, 6) is -0.398. The summed E-state index contributed by atoms with van der Waals surface area (Å²) in [6.07, 6.45) is 0. The topological polar surface area (TPSA) is 89.3 Å². The van der Waals surface area contributed by atoms with Gasteiger partial charge in [0.15, 0.2) is 0 Å². The average Bonchev–Trinajstić information content (AvgIpc) is 2.91. The molecule has 0 radical (unpaired) electrons. The number of carbonyl (C=O) groups excluding carboxylic acids is 1. The second-order valence-electron chi connectivity index (χ2n) is 4.57. The van der Waals surface area contributed by atoms with Crippen LogP contribution in [-0.2, 0) is 10.0 Å². The third-order valence-corrected chi connectivity index (χ3v) is 6.03. The van der Waals surface area contributed by atoms with Crippen LogP contribution in [0.25, 0.3) is 0 Å². The van der Waals surface area contributed by atoms with Crippen LogP contribution >= 0.6 is 34.5 Å². The van der Waals surface area contributed by atoms with E-state index < -0.39 is 15.9 Å². The fraction of sp³-hybridized carbons (Fsp3) is 0.154. The summed E-state index contributed by atoms with van der Waals surface area (Å²) in [6.45, 7) is 1.78. The van der Waals surface area contributed by atoms with E-state index in [1.54, 1.807) is 25.1 Å². The average molecular weight is 379 g/mol. The lowest BCUT2D eigenvalue weighted by molar-refractivity contribution is 0.0940. The molecule has 5 nitrogen and oxygen atoms in total. The molecule has 3 N–H and O–H groups in total. The predicted molar refractivity (Wildman–Crippen MR) is 88.0 cm³/mol. The van der Waals surface area contributed by atoms with Gasteiger partial charge in [0.25, 0.3) is 5.91 Å². The molecular weight excluding hydrogens is 367 g/mol. The summed E-state index contributed by atoms with van der Waals surface area (Å²) < 4.78 is 22.4. The molecule has 0 saturated heterocycles. The molecule has 1 atom stereocenters. The van der Waals surface area contributed by atoms with Crippen molar-refractivity contribution in [3.8, 4) is 0 Å². The smallest absolute Gasteiger partial charge is 0.252 e. The van der Waals surface area contributed by atoms with Crippen LogP contribution in [0.2, 0.25) is 10.0 Å². The van der Waals surface area contributed by atoms with Crippen LogP contribution in [-0.4, -0.2) is 14.3 Å². The van der Waals surface area contributed by atoms with Gasteiger partial charge in [-0.2, -0.15) is 0 Å². The Labute approximate surface area is 142 Å². The molecule has 2 rings (SSSR count). The molecule has 0 aliphatic heterocycles. The van der Waals surface area contributed by atoms with Crippen molar-refractivity contribution >= 4 is 50.5 Å². The highest BCUT2D eigenvalue weighted by Crippen LogP contribution is 2.26. The monoisotopic (exact) mass is 378 g/mol. The number of sulfonamides is 1. The van der Waals surface area contributed by atoms with Crippen molar-refractivity contribution in [2.75, 3.05) is 0 Å². The molecule has 0 spiro atoms. The maximum atomic E-state index is 12.1. The number of rotatable bonds is 4. The first-order valence-corrected chi connectivity index (χ1v) is 9.24. The number of hydrogen-bond acceptors (Lipinski definition) is 4. The Kier molecular flexibility index (Phi) is 5.14. The molecule has 1 aromatic carbocycles. The van der Waals surface area contributed by atoms with Crippen LogP contribution < -0.4 is 10.5 Å². The summed E-state index contributed by atoms with van der Waals surface area (Å²) in [5, 5.41) is 10.0. The van der Waals surface area contributed by atoms with E-state index in [1.165, 1.54) is 11.4 Å². The molecule has 0 aliphatic carbocycles. The van der Waals surface area contributed by atoms with Crippen LogP contribution in [0, 0.1) is 0 Å². The molecule has 2 aromatic rings. The molecular formula is C13H12Cl2N2O3S2. The summed E-state index contributed by atoms with van der Waals surface area (Å²) in [5.41, 5.74) is 1.02. The quantitative estimate of drug-likeness (QED) is 0.855. The van der Waals surface area contributed by atoms with Gasteiger partial charge in [0.2, 0.25) is 10.0 Å². The van der Waals surface area contributed by atoms with Crippen molar-refractivity contribution in [3.63, 3.8) is 0 Å². The number of benzene rings is 1. The van der Waals surface area contributed by atoms with E-state index in [1.807, 2.05) is 0 Å². The van der Waals surface area contributed by atoms with Gasteiger partial charge in [0.1, 0.15) is 4.21 Å². The Morgan fingerprint density at radius 2 is 1.95 bits per heavy atom. The Hall–Kier alpha value is -1.12. The zero-order chi connectivity index (χ0) is 16.5. The first-order valence-electron chi connectivity index (χ1n) is 6.05. The molecule has 1 aromatic heterocycles. The van der Waals surface area contributed by atoms with Gasteiger partial charge in [-0.05, 0) is 30.7 Å². The Morgan fingerprint density at radius 3 is 2.50 bits per heavy atom.